The molecule has 10 rings (SSSR count). The topological polar surface area (TPSA) is 3.24 Å². The summed E-state index contributed by atoms with van der Waals surface area (Å²) < 4.78 is 0. The molecule has 1 aliphatic carbocycles. The van der Waals surface area contributed by atoms with Crippen LogP contribution in [0.3, 0.4) is 0 Å². The Labute approximate surface area is 329 Å². The molecule has 0 atom stereocenters. The van der Waals surface area contributed by atoms with E-state index in [1.54, 1.807) is 0 Å². The summed E-state index contributed by atoms with van der Waals surface area (Å²) in [6.45, 7) is 4.79. The van der Waals surface area contributed by atoms with Crippen molar-refractivity contribution in [3.63, 3.8) is 0 Å². The third kappa shape index (κ3) is 5.55. The predicted octanol–water partition coefficient (Wildman–Crippen LogP) is 15.3. The number of rotatable bonds is 7. The lowest BCUT2D eigenvalue weighted by molar-refractivity contribution is 0.662. The SMILES string of the molecule is CC1(C)c2ccccc2-c2cccc(-c3cc(-c4ccccc4)c4ccccc4c3N(c3ccccc3)c3cc(-c4ccccc4)ccc3-c3ccccc3)c21. The zero-order valence-corrected chi connectivity index (χ0v) is 31.7. The Hall–Kier alpha value is -6.96. The van der Waals surface area contributed by atoms with Gasteiger partial charge in [-0.3, -0.25) is 0 Å². The maximum Gasteiger partial charge on any atom is 0.0619 e. The standard InChI is InChI=1S/C55H41N/c1-55(2)51-33-18-17-29-45(51)46-31-19-32-47(53(46)55)50-37-49(40-24-11-5-12-25-40)44-28-15-16-30-48(44)54(50)56(42-26-13-6-14-27-42)52-36-41(38-20-7-3-8-21-38)34-35-43(52)39-22-9-4-10-23-39/h3-37H,1-2H3. The van der Waals surface area contributed by atoms with E-state index in [0.717, 1.165) is 17.1 Å². The quantitative estimate of drug-likeness (QED) is 0.159. The first-order valence-electron chi connectivity index (χ1n) is 19.5. The Morgan fingerprint density at radius 1 is 0.339 bits per heavy atom. The smallest absolute Gasteiger partial charge is 0.0619 e. The summed E-state index contributed by atoms with van der Waals surface area (Å²) in [4.78, 5) is 2.54. The van der Waals surface area contributed by atoms with E-state index < -0.39 is 0 Å². The Morgan fingerprint density at radius 3 is 1.54 bits per heavy atom. The molecule has 0 aliphatic heterocycles. The van der Waals surface area contributed by atoms with Gasteiger partial charge in [-0.1, -0.05) is 202 Å². The van der Waals surface area contributed by atoms with Gasteiger partial charge in [0.25, 0.3) is 0 Å². The van der Waals surface area contributed by atoms with Gasteiger partial charge in [-0.25, -0.2) is 0 Å². The zero-order valence-electron chi connectivity index (χ0n) is 31.7. The Bertz CT molecular complexity index is 2860. The van der Waals surface area contributed by atoms with Crippen molar-refractivity contribution >= 4 is 27.8 Å². The van der Waals surface area contributed by atoms with Gasteiger partial charge in [-0.05, 0) is 85.3 Å². The molecule has 0 aromatic heterocycles. The summed E-state index contributed by atoms with van der Waals surface area (Å²) in [6.07, 6.45) is 0. The molecule has 0 bridgehead atoms. The van der Waals surface area contributed by atoms with E-state index in [1.807, 2.05) is 0 Å². The van der Waals surface area contributed by atoms with Crippen molar-refractivity contribution in [1.82, 2.24) is 0 Å². The van der Waals surface area contributed by atoms with E-state index >= 15 is 0 Å². The molecule has 0 saturated heterocycles. The van der Waals surface area contributed by atoms with Gasteiger partial charge in [0.15, 0.2) is 0 Å². The molecule has 1 heteroatoms. The molecule has 56 heavy (non-hydrogen) atoms. The average Bonchev–Trinajstić information content (AvgIpc) is 3.51. The van der Waals surface area contributed by atoms with E-state index in [9.17, 15) is 0 Å². The van der Waals surface area contributed by atoms with Crippen LogP contribution >= 0.6 is 0 Å². The molecule has 0 spiro atoms. The third-order valence-corrected chi connectivity index (χ3v) is 11.6. The number of hydrogen-bond donors (Lipinski definition) is 0. The van der Waals surface area contributed by atoms with E-state index in [1.165, 1.54) is 77.5 Å². The highest BCUT2D eigenvalue weighted by atomic mass is 15.1. The van der Waals surface area contributed by atoms with Gasteiger partial charge in [-0.15, -0.1) is 0 Å². The second-order valence-electron chi connectivity index (χ2n) is 15.3. The van der Waals surface area contributed by atoms with Crippen LogP contribution in [0.4, 0.5) is 17.1 Å². The number of benzene rings is 9. The number of fused-ring (bicyclic) bond motifs is 4. The van der Waals surface area contributed by atoms with Crippen LogP contribution in [-0.4, -0.2) is 0 Å². The van der Waals surface area contributed by atoms with Crippen LogP contribution in [0.5, 0.6) is 0 Å². The maximum absolute atomic E-state index is 2.54. The average molecular weight is 716 g/mol. The molecule has 0 N–H and O–H groups in total. The van der Waals surface area contributed by atoms with Crippen molar-refractivity contribution in [3.8, 4) is 55.6 Å². The highest BCUT2D eigenvalue weighted by molar-refractivity contribution is 6.14. The van der Waals surface area contributed by atoms with Crippen molar-refractivity contribution in [2.45, 2.75) is 19.3 Å². The Kier molecular flexibility index (Phi) is 8.23. The monoisotopic (exact) mass is 715 g/mol. The first-order chi connectivity index (χ1) is 27.6. The summed E-state index contributed by atoms with van der Waals surface area (Å²) in [5.41, 5.74) is 18.1. The molecule has 0 radical (unpaired) electrons. The molecule has 0 heterocycles. The number of para-hydroxylation sites is 1. The fourth-order valence-corrected chi connectivity index (χ4v) is 9.09. The number of hydrogen-bond acceptors (Lipinski definition) is 1. The van der Waals surface area contributed by atoms with E-state index in [0.29, 0.717) is 0 Å². The van der Waals surface area contributed by atoms with E-state index in [2.05, 4.69) is 231 Å². The molecule has 0 saturated carbocycles. The van der Waals surface area contributed by atoms with Gasteiger partial charge in [0.05, 0.1) is 11.4 Å². The van der Waals surface area contributed by atoms with Gasteiger partial charge < -0.3 is 4.90 Å². The van der Waals surface area contributed by atoms with Crippen LogP contribution in [0.15, 0.2) is 212 Å². The van der Waals surface area contributed by atoms with Crippen LogP contribution in [0.1, 0.15) is 25.0 Å². The molecule has 1 aliphatic rings. The van der Waals surface area contributed by atoms with Crippen LogP contribution in [0.2, 0.25) is 0 Å². The Balaban J connectivity index is 1.37. The van der Waals surface area contributed by atoms with Crippen molar-refractivity contribution < 1.29 is 0 Å². The highest BCUT2D eigenvalue weighted by Crippen LogP contribution is 2.56. The van der Waals surface area contributed by atoms with Gasteiger partial charge in [0, 0.05) is 27.6 Å². The molecule has 266 valence electrons. The minimum atomic E-state index is -0.210. The molecule has 0 unspecified atom stereocenters. The predicted molar refractivity (Wildman–Crippen MR) is 238 cm³/mol. The van der Waals surface area contributed by atoms with Crippen LogP contribution in [-0.2, 0) is 5.41 Å². The highest BCUT2D eigenvalue weighted by Gasteiger charge is 2.38. The van der Waals surface area contributed by atoms with Crippen molar-refractivity contribution in [3.05, 3.63) is 223 Å². The van der Waals surface area contributed by atoms with Crippen LogP contribution < -0.4 is 4.90 Å². The van der Waals surface area contributed by atoms with E-state index in [-0.39, 0.29) is 5.41 Å². The largest absolute Gasteiger partial charge is 0.309 e. The normalized spacial score (nSPS) is 12.6. The molecular formula is C55H41N. The van der Waals surface area contributed by atoms with Gasteiger partial charge in [0.1, 0.15) is 0 Å². The molecule has 9 aromatic carbocycles. The first kappa shape index (κ1) is 33.6. The molecule has 0 amide bonds. The van der Waals surface area contributed by atoms with Gasteiger partial charge in [0.2, 0.25) is 0 Å². The lowest BCUT2D eigenvalue weighted by Gasteiger charge is -2.33. The molecule has 9 aromatic rings. The fraction of sp³-hybridized carbons (Fsp3) is 0.0545. The van der Waals surface area contributed by atoms with Gasteiger partial charge >= 0.3 is 0 Å². The summed E-state index contributed by atoms with van der Waals surface area (Å²) in [6, 6.07) is 77.7. The summed E-state index contributed by atoms with van der Waals surface area (Å²) in [5, 5.41) is 2.41. The first-order valence-corrected chi connectivity index (χ1v) is 19.5. The Morgan fingerprint density at radius 2 is 0.857 bits per heavy atom. The van der Waals surface area contributed by atoms with Crippen LogP contribution in [0.25, 0.3) is 66.4 Å². The zero-order chi connectivity index (χ0) is 37.6. The lowest BCUT2D eigenvalue weighted by atomic mass is 9.77. The van der Waals surface area contributed by atoms with Crippen molar-refractivity contribution in [2.75, 3.05) is 4.90 Å². The molecule has 0 fully saturated rings. The minimum Gasteiger partial charge on any atom is -0.309 e. The van der Waals surface area contributed by atoms with Crippen molar-refractivity contribution in [1.29, 1.82) is 0 Å². The second kappa shape index (κ2) is 13.7. The maximum atomic E-state index is 2.54. The third-order valence-electron chi connectivity index (χ3n) is 11.6. The van der Waals surface area contributed by atoms with Crippen molar-refractivity contribution in [2.24, 2.45) is 0 Å². The molecule has 1 nitrogen and oxygen atoms in total. The summed E-state index contributed by atoms with van der Waals surface area (Å²) in [7, 11) is 0. The molecular weight excluding hydrogens is 675 g/mol. The summed E-state index contributed by atoms with van der Waals surface area (Å²) in [5.74, 6) is 0. The minimum absolute atomic E-state index is 0.210. The van der Waals surface area contributed by atoms with Gasteiger partial charge in [-0.2, -0.15) is 0 Å². The number of nitrogens with zero attached hydrogens (tertiary/aromatic N) is 1. The van der Waals surface area contributed by atoms with E-state index in [4.69, 9.17) is 0 Å². The summed E-state index contributed by atoms with van der Waals surface area (Å²) >= 11 is 0. The lowest BCUT2D eigenvalue weighted by Crippen LogP contribution is -2.17. The second-order valence-corrected chi connectivity index (χ2v) is 15.3. The van der Waals surface area contributed by atoms with Crippen LogP contribution in [0, 0.1) is 0 Å². The fourth-order valence-electron chi connectivity index (χ4n) is 9.09. The number of anilines is 3.